The molecule has 104 valence electrons. The Bertz CT molecular complexity index is 587. The van der Waals surface area contributed by atoms with Gasteiger partial charge in [0.25, 0.3) is 5.69 Å². The van der Waals surface area contributed by atoms with Gasteiger partial charge in [0.15, 0.2) is 0 Å². The van der Waals surface area contributed by atoms with Gasteiger partial charge in [-0.15, -0.1) is 0 Å². The zero-order chi connectivity index (χ0) is 14.4. The van der Waals surface area contributed by atoms with Crippen molar-refractivity contribution in [2.24, 2.45) is 0 Å². The van der Waals surface area contributed by atoms with E-state index in [9.17, 15) is 10.1 Å². The number of para-hydroxylation sites is 1. The number of nitro benzene ring substituents is 1. The number of nitrogens with two attached hydrogens (primary N) is 1. The van der Waals surface area contributed by atoms with Gasteiger partial charge in [0.2, 0.25) is 0 Å². The third-order valence-electron chi connectivity index (χ3n) is 2.67. The molecule has 6 nitrogen and oxygen atoms in total. The summed E-state index contributed by atoms with van der Waals surface area (Å²) in [5, 5.41) is 13.7. The van der Waals surface area contributed by atoms with Crippen LogP contribution in [0, 0.1) is 10.1 Å². The van der Waals surface area contributed by atoms with Gasteiger partial charge in [0.1, 0.15) is 18.0 Å². The fourth-order valence-corrected chi connectivity index (χ4v) is 1.71. The highest BCUT2D eigenvalue weighted by Crippen LogP contribution is 2.24. The third kappa shape index (κ3) is 3.61. The first-order valence-corrected chi connectivity index (χ1v) is 6.12. The monoisotopic (exact) mass is 273 g/mol. The number of nitrogen functional groups attached to an aromatic ring is 1. The highest BCUT2D eigenvalue weighted by atomic mass is 16.6. The summed E-state index contributed by atoms with van der Waals surface area (Å²) >= 11 is 0. The van der Waals surface area contributed by atoms with Crippen molar-refractivity contribution in [2.75, 3.05) is 24.2 Å². The number of rotatable bonds is 6. The zero-order valence-electron chi connectivity index (χ0n) is 10.8. The first-order valence-electron chi connectivity index (χ1n) is 6.12. The van der Waals surface area contributed by atoms with Gasteiger partial charge in [-0.1, -0.05) is 18.2 Å². The van der Waals surface area contributed by atoms with E-state index in [0.717, 1.165) is 11.4 Å². The molecule has 2 aromatic rings. The molecular weight excluding hydrogens is 258 g/mol. The number of nitro groups is 1. The van der Waals surface area contributed by atoms with Crippen molar-refractivity contribution in [2.45, 2.75) is 0 Å². The van der Waals surface area contributed by atoms with E-state index >= 15 is 0 Å². The lowest BCUT2D eigenvalue weighted by molar-refractivity contribution is -0.383. The number of benzene rings is 2. The fourth-order valence-electron chi connectivity index (χ4n) is 1.71. The predicted octanol–water partition coefficient (Wildman–Crippen LogP) is 2.67. The minimum atomic E-state index is -0.502. The Balaban J connectivity index is 1.83. The first kappa shape index (κ1) is 13.7. The molecule has 0 radical (unpaired) electrons. The molecule has 0 bridgehead atoms. The normalized spacial score (nSPS) is 10.0. The van der Waals surface area contributed by atoms with E-state index < -0.39 is 4.92 Å². The Morgan fingerprint density at radius 1 is 1.20 bits per heavy atom. The van der Waals surface area contributed by atoms with Crippen LogP contribution in [-0.4, -0.2) is 18.1 Å². The molecule has 20 heavy (non-hydrogen) atoms. The fraction of sp³-hybridized carbons (Fsp3) is 0.143. The minimum absolute atomic E-state index is 0.0870. The molecule has 2 rings (SSSR count). The molecule has 0 atom stereocenters. The predicted molar refractivity (Wildman–Crippen MR) is 77.9 cm³/mol. The van der Waals surface area contributed by atoms with E-state index in [-0.39, 0.29) is 11.4 Å². The van der Waals surface area contributed by atoms with Crippen molar-refractivity contribution in [1.29, 1.82) is 0 Å². The lowest BCUT2D eigenvalue weighted by Crippen LogP contribution is -2.11. The zero-order valence-corrected chi connectivity index (χ0v) is 10.8. The molecule has 0 unspecified atom stereocenters. The Labute approximate surface area is 116 Å². The number of anilines is 2. The van der Waals surface area contributed by atoms with Crippen LogP contribution in [0.1, 0.15) is 0 Å². The molecule has 0 amide bonds. The quantitative estimate of drug-likeness (QED) is 0.365. The van der Waals surface area contributed by atoms with Gasteiger partial charge >= 0.3 is 0 Å². The number of hydrogen-bond acceptors (Lipinski definition) is 5. The molecule has 0 aliphatic carbocycles. The van der Waals surface area contributed by atoms with Crippen LogP contribution in [0.3, 0.4) is 0 Å². The summed E-state index contributed by atoms with van der Waals surface area (Å²) in [4.78, 5) is 10.1. The van der Waals surface area contributed by atoms with Crippen molar-refractivity contribution in [3.63, 3.8) is 0 Å². The van der Waals surface area contributed by atoms with Gasteiger partial charge in [-0.3, -0.25) is 10.1 Å². The Morgan fingerprint density at radius 3 is 2.60 bits per heavy atom. The SMILES string of the molecule is Nc1cc(NCCOc2ccccc2)ccc1[N+](=O)[O-]. The molecule has 0 aliphatic heterocycles. The summed E-state index contributed by atoms with van der Waals surface area (Å²) in [6.07, 6.45) is 0. The summed E-state index contributed by atoms with van der Waals surface area (Å²) in [6, 6.07) is 14.0. The average molecular weight is 273 g/mol. The molecule has 0 aliphatic rings. The number of nitrogens with one attached hydrogen (secondary N) is 1. The van der Waals surface area contributed by atoms with Gasteiger partial charge in [-0.2, -0.15) is 0 Å². The molecule has 0 saturated carbocycles. The highest BCUT2D eigenvalue weighted by molar-refractivity contribution is 5.65. The maximum absolute atomic E-state index is 10.6. The van der Waals surface area contributed by atoms with Crippen molar-refractivity contribution < 1.29 is 9.66 Å². The maximum atomic E-state index is 10.6. The van der Waals surface area contributed by atoms with E-state index in [2.05, 4.69) is 5.32 Å². The van der Waals surface area contributed by atoms with Crippen LogP contribution in [0.5, 0.6) is 5.75 Å². The molecule has 0 saturated heterocycles. The van der Waals surface area contributed by atoms with Gasteiger partial charge in [0, 0.05) is 18.3 Å². The molecule has 3 N–H and O–H groups in total. The number of nitrogens with zero attached hydrogens (tertiary/aromatic N) is 1. The van der Waals surface area contributed by atoms with E-state index in [1.807, 2.05) is 30.3 Å². The summed E-state index contributed by atoms with van der Waals surface area (Å²) in [5.41, 5.74) is 6.39. The average Bonchev–Trinajstić information content (AvgIpc) is 2.44. The van der Waals surface area contributed by atoms with Gasteiger partial charge < -0.3 is 15.8 Å². The van der Waals surface area contributed by atoms with Crippen LogP contribution in [-0.2, 0) is 0 Å². The van der Waals surface area contributed by atoms with Gasteiger partial charge in [-0.25, -0.2) is 0 Å². The largest absolute Gasteiger partial charge is 0.492 e. The summed E-state index contributed by atoms with van der Waals surface area (Å²) in [6.45, 7) is 1.06. The second kappa shape index (κ2) is 6.42. The Kier molecular flexibility index (Phi) is 4.39. The summed E-state index contributed by atoms with van der Waals surface area (Å²) in [5.74, 6) is 0.803. The van der Waals surface area contributed by atoms with E-state index in [1.165, 1.54) is 6.07 Å². The van der Waals surface area contributed by atoms with Crippen molar-refractivity contribution in [3.05, 3.63) is 58.6 Å². The van der Waals surface area contributed by atoms with Crippen LogP contribution in [0.15, 0.2) is 48.5 Å². The second-order valence-corrected chi connectivity index (χ2v) is 4.12. The molecule has 0 heterocycles. The molecule has 0 aromatic heterocycles. The molecule has 0 spiro atoms. The van der Waals surface area contributed by atoms with Crippen LogP contribution in [0.4, 0.5) is 17.1 Å². The smallest absolute Gasteiger partial charge is 0.292 e. The number of ether oxygens (including phenoxy) is 1. The molecular formula is C14H15N3O3. The Hall–Kier alpha value is -2.76. The third-order valence-corrected chi connectivity index (χ3v) is 2.67. The van der Waals surface area contributed by atoms with Crippen LogP contribution < -0.4 is 15.8 Å². The van der Waals surface area contributed by atoms with Crippen molar-refractivity contribution in [3.8, 4) is 5.75 Å². The molecule has 2 aromatic carbocycles. The number of hydrogen-bond donors (Lipinski definition) is 2. The lowest BCUT2D eigenvalue weighted by Gasteiger charge is -2.09. The van der Waals surface area contributed by atoms with Gasteiger partial charge in [0.05, 0.1) is 4.92 Å². The van der Waals surface area contributed by atoms with Crippen molar-refractivity contribution >= 4 is 17.1 Å². The molecule has 6 heteroatoms. The minimum Gasteiger partial charge on any atom is -0.492 e. The topological polar surface area (TPSA) is 90.4 Å². The molecule has 0 fully saturated rings. The van der Waals surface area contributed by atoms with Gasteiger partial charge in [-0.05, 0) is 24.3 Å². The van der Waals surface area contributed by atoms with E-state index in [4.69, 9.17) is 10.5 Å². The summed E-state index contributed by atoms with van der Waals surface area (Å²) < 4.78 is 5.52. The highest BCUT2D eigenvalue weighted by Gasteiger charge is 2.10. The van der Waals surface area contributed by atoms with Crippen molar-refractivity contribution in [1.82, 2.24) is 0 Å². The first-order chi connectivity index (χ1) is 9.66. The van der Waals surface area contributed by atoms with Crippen LogP contribution >= 0.6 is 0 Å². The summed E-state index contributed by atoms with van der Waals surface area (Å²) in [7, 11) is 0. The standard InChI is InChI=1S/C14H15N3O3/c15-13-10-11(6-7-14(13)17(18)19)16-8-9-20-12-4-2-1-3-5-12/h1-7,10,16H,8-9,15H2. The maximum Gasteiger partial charge on any atom is 0.292 e. The lowest BCUT2D eigenvalue weighted by atomic mass is 10.2. The second-order valence-electron chi connectivity index (χ2n) is 4.12. The van der Waals surface area contributed by atoms with E-state index in [1.54, 1.807) is 12.1 Å². The Morgan fingerprint density at radius 2 is 1.95 bits per heavy atom. The van der Waals surface area contributed by atoms with Crippen LogP contribution in [0.25, 0.3) is 0 Å². The van der Waals surface area contributed by atoms with E-state index in [0.29, 0.717) is 13.2 Å². The van der Waals surface area contributed by atoms with Crippen LogP contribution in [0.2, 0.25) is 0 Å².